The van der Waals surface area contributed by atoms with E-state index in [9.17, 15) is 24.2 Å². The molecule has 7 nitrogen and oxygen atoms in total. The Kier molecular flexibility index (Phi) is 7.71. The van der Waals surface area contributed by atoms with Crippen LogP contribution in [0.4, 0.5) is 4.39 Å². The number of aliphatic hydroxyl groups excluding tert-OH is 1. The summed E-state index contributed by atoms with van der Waals surface area (Å²) in [5, 5.41) is 21.8. The molecule has 1 aliphatic heterocycles. The minimum atomic E-state index is -0.958. The SMILES string of the molecule is CCOc1cc(C2/C(=C(\O)c3cc(C)cc(C)c3OC)C(=O)C(=O)N2CCc2ccc(F)cc2)ccc1O. The van der Waals surface area contributed by atoms with Crippen LogP contribution in [0.1, 0.15) is 40.8 Å². The maximum atomic E-state index is 13.4. The Labute approximate surface area is 220 Å². The predicted octanol–water partition coefficient (Wildman–Crippen LogP) is 5.22. The number of hydrogen-bond acceptors (Lipinski definition) is 6. The average molecular weight is 520 g/mol. The van der Waals surface area contributed by atoms with E-state index in [4.69, 9.17) is 9.47 Å². The van der Waals surface area contributed by atoms with Crippen molar-refractivity contribution in [2.75, 3.05) is 20.3 Å². The Morgan fingerprint density at radius 2 is 1.76 bits per heavy atom. The van der Waals surface area contributed by atoms with Crippen LogP contribution < -0.4 is 9.47 Å². The third-order valence-corrected chi connectivity index (χ3v) is 6.57. The van der Waals surface area contributed by atoms with Crippen molar-refractivity contribution in [2.45, 2.75) is 33.2 Å². The van der Waals surface area contributed by atoms with Gasteiger partial charge in [0.05, 0.1) is 30.9 Å². The Bertz CT molecular complexity index is 1410. The first-order valence-electron chi connectivity index (χ1n) is 12.3. The number of aromatic hydroxyl groups is 1. The Morgan fingerprint density at radius 3 is 2.42 bits per heavy atom. The van der Waals surface area contributed by atoms with E-state index in [1.54, 1.807) is 37.3 Å². The van der Waals surface area contributed by atoms with Gasteiger partial charge in [0.15, 0.2) is 11.5 Å². The fourth-order valence-corrected chi connectivity index (χ4v) is 4.88. The van der Waals surface area contributed by atoms with Gasteiger partial charge in [0, 0.05) is 6.54 Å². The molecule has 0 bridgehead atoms. The fraction of sp³-hybridized carbons (Fsp3) is 0.267. The van der Waals surface area contributed by atoms with Crippen LogP contribution in [0.3, 0.4) is 0 Å². The zero-order valence-electron chi connectivity index (χ0n) is 21.7. The van der Waals surface area contributed by atoms with Crippen LogP contribution in [0.2, 0.25) is 0 Å². The number of aryl methyl sites for hydroxylation is 2. The molecule has 0 radical (unpaired) electrons. The molecule has 2 N–H and O–H groups in total. The van der Waals surface area contributed by atoms with Gasteiger partial charge in [-0.15, -0.1) is 0 Å². The van der Waals surface area contributed by atoms with Crippen molar-refractivity contribution in [3.63, 3.8) is 0 Å². The number of Topliss-reactive ketones (excluding diaryl/α,β-unsaturated/α-hetero) is 1. The Morgan fingerprint density at radius 1 is 1.05 bits per heavy atom. The van der Waals surface area contributed by atoms with Gasteiger partial charge in [-0.3, -0.25) is 9.59 Å². The summed E-state index contributed by atoms with van der Waals surface area (Å²) in [5.41, 5.74) is 3.08. The number of amides is 1. The quantitative estimate of drug-likeness (QED) is 0.241. The maximum absolute atomic E-state index is 13.4. The Balaban J connectivity index is 1.88. The lowest BCUT2D eigenvalue weighted by atomic mass is 9.93. The molecule has 0 spiro atoms. The number of rotatable bonds is 8. The van der Waals surface area contributed by atoms with E-state index in [2.05, 4.69) is 0 Å². The van der Waals surface area contributed by atoms with Crippen molar-refractivity contribution < 1.29 is 33.7 Å². The minimum Gasteiger partial charge on any atom is -0.507 e. The standard InChI is InChI=1S/C30H30FNO6/c1-5-38-24-16-20(8-11-23(24)33)26-25(27(34)22-15-17(2)14-18(3)29(22)37-4)28(35)30(36)32(26)13-12-19-6-9-21(31)10-7-19/h6-11,14-16,26,33-34H,5,12-13H2,1-4H3/b27-25+. The summed E-state index contributed by atoms with van der Waals surface area (Å²) in [5.74, 6) is -1.83. The number of phenolic OH excluding ortho intramolecular Hbond substituents is 1. The van der Waals surface area contributed by atoms with E-state index in [1.165, 1.54) is 30.2 Å². The predicted molar refractivity (Wildman–Crippen MR) is 141 cm³/mol. The second-order valence-corrected chi connectivity index (χ2v) is 9.19. The molecule has 1 aliphatic rings. The number of benzene rings is 3. The number of methoxy groups -OCH3 is 1. The molecule has 1 saturated heterocycles. The molecule has 1 unspecified atom stereocenters. The molecule has 38 heavy (non-hydrogen) atoms. The van der Waals surface area contributed by atoms with Gasteiger partial charge in [-0.2, -0.15) is 0 Å². The zero-order chi connectivity index (χ0) is 27.6. The van der Waals surface area contributed by atoms with Gasteiger partial charge in [0.1, 0.15) is 17.3 Å². The number of phenols is 1. The third-order valence-electron chi connectivity index (χ3n) is 6.57. The number of halogens is 1. The molecule has 1 fully saturated rings. The maximum Gasteiger partial charge on any atom is 0.295 e. The molecule has 3 aromatic rings. The summed E-state index contributed by atoms with van der Waals surface area (Å²) in [4.78, 5) is 28.2. The highest BCUT2D eigenvalue weighted by atomic mass is 19.1. The first kappa shape index (κ1) is 26.7. The van der Waals surface area contributed by atoms with Crippen molar-refractivity contribution in [1.29, 1.82) is 0 Å². The van der Waals surface area contributed by atoms with Crippen molar-refractivity contribution in [3.05, 3.63) is 93.8 Å². The normalized spacial score (nSPS) is 16.7. The average Bonchev–Trinajstić information content (AvgIpc) is 3.14. The number of nitrogens with zero attached hydrogens (tertiary/aromatic N) is 1. The number of ketones is 1. The smallest absolute Gasteiger partial charge is 0.295 e. The molecule has 8 heteroatoms. The zero-order valence-corrected chi connectivity index (χ0v) is 21.7. The summed E-state index contributed by atoms with van der Waals surface area (Å²) in [6, 6.07) is 13.1. The number of aliphatic hydroxyl groups is 1. The van der Waals surface area contributed by atoms with Crippen molar-refractivity contribution >= 4 is 17.4 Å². The second-order valence-electron chi connectivity index (χ2n) is 9.19. The number of hydrogen-bond donors (Lipinski definition) is 2. The van der Waals surface area contributed by atoms with Crippen LogP contribution in [0.25, 0.3) is 5.76 Å². The van der Waals surface area contributed by atoms with Crippen LogP contribution in [0.15, 0.2) is 60.2 Å². The molecule has 1 amide bonds. The van der Waals surface area contributed by atoms with Gasteiger partial charge in [-0.1, -0.05) is 24.3 Å². The van der Waals surface area contributed by atoms with Crippen LogP contribution in [-0.4, -0.2) is 47.1 Å². The molecular formula is C30H30FNO6. The lowest BCUT2D eigenvalue weighted by Gasteiger charge is -2.26. The van der Waals surface area contributed by atoms with Crippen LogP contribution in [0, 0.1) is 19.7 Å². The summed E-state index contributed by atoms with van der Waals surface area (Å²) in [7, 11) is 1.47. The lowest BCUT2D eigenvalue weighted by molar-refractivity contribution is -0.139. The number of carbonyl (C=O) groups excluding carboxylic acids is 2. The van der Waals surface area contributed by atoms with Crippen LogP contribution in [-0.2, 0) is 16.0 Å². The summed E-state index contributed by atoms with van der Waals surface area (Å²) < 4.78 is 24.5. The largest absolute Gasteiger partial charge is 0.507 e. The van der Waals surface area contributed by atoms with Crippen molar-refractivity contribution in [3.8, 4) is 17.2 Å². The van der Waals surface area contributed by atoms with Gasteiger partial charge in [-0.25, -0.2) is 4.39 Å². The molecule has 1 heterocycles. The molecule has 4 rings (SSSR count). The van der Waals surface area contributed by atoms with Crippen molar-refractivity contribution in [1.82, 2.24) is 4.90 Å². The highest BCUT2D eigenvalue weighted by molar-refractivity contribution is 6.46. The number of carbonyl (C=O) groups is 2. The van der Waals surface area contributed by atoms with Gasteiger partial charge in [0.25, 0.3) is 11.7 Å². The summed E-state index contributed by atoms with van der Waals surface area (Å²) >= 11 is 0. The summed E-state index contributed by atoms with van der Waals surface area (Å²) in [6.07, 6.45) is 0.354. The second kappa shape index (κ2) is 11.0. The first-order chi connectivity index (χ1) is 18.2. The highest BCUT2D eigenvalue weighted by Crippen LogP contribution is 2.43. The monoisotopic (exact) mass is 519 g/mol. The van der Waals surface area contributed by atoms with E-state index in [0.717, 1.165) is 16.7 Å². The minimum absolute atomic E-state index is 0.0881. The van der Waals surface area contributed by atoms with E-state index >= 15 is 0 Å². The van der Waals surface area contributed by atoms with E-state index < -0.39 is 17.7 Å². The molecule has 0 aromatic heterocycles. The van der Waals surface area contributed by atoms with Crippen molar-refractivity contribution in [2.24, 2.45) is 0 Å². The molecule has 198 valence electrons. The third kappa shape index (κ3) is 5.07. The van der Waals surface area contributed by atoms with Crippen LogP contribution in [0.5, 0.6) is 17.2 Å². The number of ether oxygens (including phenoxy) is 2. The van der Waals surface area contributed by atoms with E-state index in [-0.39, 0.29) is 35.2 Å². The summed E-state index contributed by atoms with van der Waals surface area (Å²) in [6.45, 7) is 5.88. The van der Waals surface area contributed by atoms with Gasteiger partial charge in [0.2, 0.25) is 0 Å². The molecule has 0 aliphatic carbocycles. The fourth-order valence-electron chi connectivity index (χ4n) is 4.88. The highest BCUT2D eigenvalue weighted by Gasteiger charge is 2.46. The first-order valence-corrected chi connectivity index (χ1v) is 12.3. The van der Waals surface area contributed by atoms with Gasteiger partial charge >= 0.3 is 0 Å². The van der Waals surface area contributed by atoms with Gasteiger partial charge in [-0.05, 0) is 79.8 Å². The lowest BCUT2D eigenvalue weighted by Crippen LogP contribution is -2.31. The molecule has 3 aromatic carbocycles. The molecule has 1 atom stereocenters. The Hall–Kier alpha value is -4.33. The van der Waals surface area contributed by atoms with Crippen LogP contribution >= 0.6 is 0 Å². The van der Waals surface area contributed by atoms with E-state index in [1.807, 2.05) is 19.9 Å². The van der Waals surface area contributed by atoms with E-state index in [0.29, 0.717) is 29.9 Å². The van der Waals surface area contributed by atoms with Gasteiger partial charge < -0.3 is 24.6 Å². The molecule has 0 saturated carbocycles. The topological polar surface area (TPSA) is 96.3 Å². The number of likely N-dealkylation sites (tertiary alicyclic amines) is 1. The molecular weight excluding hydrogens is 489 g/mol.